The molecule has 2 rings (SSSR count). The van der Waals surface area contributed by atoms with Gasteiger partial charge in [-0.15, -0.1) is 13.2 Å². The topological polar surface area (TPSA) is 99.7 Å². The second-order valence-electron chi connectivity index (χ2n) is 4.78. The Morgan fingerprint density at radius 1 is 1.35 bits per heavy atom. The molecule has 1 aliphatic heterocycles. The van der Waals surface area contributed by atoms with E-state index in [4.69, 9.17) is 0 Å². The van der Waals surface area contributed by atoms with E-state index in [0.29, 0.717) is 0 Å². The number of hydrogen-bond acceptors (Lipinski definition) is 5. The van der Waals surface area contributed by atoms with E-state index in [0.717, 1.165) is 6.07 Å². The van der Waals surface area contributed by atoms with Gasteiger partial charge in [-0.3, -0.25) is 20.4 Å². The van der Waals surface area contributed by atoms with Gasteiger partial charge in [0.25, 0.3) is 5.91 Å². The zero-order valence-corrected chi connectivity index (χ0v) is 11.7. The van der Waals surface area contributed by atoms with E-state index in [2.05, 4.69) is 20.9 Å². The molecular weight excluding hydrogens is 319 g/mol. The number of anilines is 1. The molecule has 1 heterocycles. The molecule has 0 spiro atoms. The highest BCUT2D eigenvalue weighted by atomic mass is 19.4. The van der Waals surface area contributed by atoms with Gasteiger partial charge in [-0.25, -0.2) is 0 Å². The van der Waals surface area contributed by atoms with E-state index in [1.54, 1.807) is 0 Å². The molecule has 1 aliphatic rings. The number of ether oxygens (including phenoxy) is 1. The maximum Gasteiger partial charge on any atom is 0.573 e. The normalized spacial score (nSPS) is 21.3. The number of aliphatic hydroxyl groups is 1. The SMILES string of the molecule is O=C1NCCC(O)C1C(=O)NNc1ccccc1OC(F)(F)F. The van der Waals surface area contributed by atoms with Crippen molar-refractivity contribution in [2.75, 3.05) is 12.0 Å². The van der Waals surface area contributed by atoms with Crippen LogP contribution in [0.1, 0.15) is 6.42 Å². The third-order valence-electron chi connectivity index (χ3n) is 3.12. The first-order chi connectivity index (χ1) is 10.8. The predicted octanol–water partition coefficient (Wildman–Crippen LogP) is 0.525. The number of alkyl halides is 3. The minimum atomic E-state index is -4.89. The van der Waals surface area contributed by atoms with E-state index in [1.807, 2.05) is 0 Å². The molecule has 23 heavy (non-hydrogen) atoms. The summed E-state index contributed by atoms with van der Waals surface area (Å²) in [6.45, 7) is 0.249. The van der Waals surface area contributed by atoms with Gasteiger partial charge in [0.1, 0.15) is 5.92 Å². The molecule has 0 bridgehead atoms. The number of carbonyl (C=O) groups is 2. The molecular formula is C13H14F3N3O4. The Hall–Kier alpha value is -2.49. The minimum absolute atomic E-state index is 0.149. The average molecular weight is 333 g/mol. The summed E-state index contributed by atoms with van der Waals surface area (Å²) in [5.74, 6) is -3.40. The molecule has 4 N–H and O–H groups in total. The first kappa shape index (κ1) is 16.9. The number of aliphatic hydroxyl groups excluding tert-OH is 1. The fraction of sp³-hybridized carbons (Fsp3) is 0.385. The van der Waals surface area contributed by atoms with Gasteiger partial charge >= 0.3 is 6.36 Å². The van der Waals surface area contributed by atoms with Gasteiger partial charge in [-0.05, 0) is 18.6 Å². The zero-order chi connectivity index (χ0) is 17.0. The molecule has 7 nitrogen and oxygen atoms in total. The molecule has 126 valence electrons. The standard InChI is InChI=1S/C13H14F3N3O4/c14-13(15,16)23-9-4-2-1-3-7(9)18-19-12(22)10-8(20)5-6-17-11(10)21/h1-4,8,10,18,20H,5-6H2,(H,17,21)(H,19,22). The van der Waals surface area contributed by atoms with Crippen LogP contribution in [0.25, 0.3) is 0 Å². The van der Waals surface area contributed by atoms with Gasteiger partial charge < -0.3 is 15.2 Å². The Morgan fingerprint density at radius 3 is 2.70 bits per heavy atom. The van der Waals surface area contributed by atoms with Gasteiger partial charge in [-0.2, -0.15) is 0 Å². The predicted molar refractivity (Wildman–Crippen MR) is 72.0 cm³/mol. The van der Waals surface area contributed by atoms with E-state index in [9.17, 15) is 27.9 Å². The first-order valence-electron chi connectivity index (χ1n) is 6.64. The number of piperidine rings is 1. The number of rotatable bonds is 4. The van der Waals surface area contributed by atoms with Crippen LogP contribution < -0.4 is 20.9 Å². The quantitative estimate of drug-likeness (QED) is 0.476. The van der Waals surface area contributed by atoms with Crippen LogP contribution in [0.5, 0.6) is 5.75 Å². The van der Waals surface area contributed by atoms with Gasteiger partial charge in [-0.1, -0.05) is 12.1 Å². The van der Waals surface area contributed by atoms with Gasteiger partial charge in [0.2, 0.25) is 5.91 Å². The fourth-order valence-electron chi connectivity index (χ4n) is 2.08. The summed E-state index contributed by atoms with van der Waals surface area (Å²) in [4.78, 5) is 23.5. The monoisotopic (exact) mass is 333 g/mol. The summed E-state index contributed by atoms with van der Waals surface area (Å²) < 4.78 is 40.7. The van der Waals surface area contributed by atoms with Crippen molar-refractivity contribution in [1.82, 2.24) is 10.7 Å². The lowest BCUT2D eigenvalue weighted by Gasteiger charge is -2.26. The molecule has 1 fully saturated rings. The van der Waals surface area contributed by atoms with Crippen LogP contribution in [0.4, 0.5) is 18.9 Å². The Bertz CT molecular complexity index is 594. The molecule has 2 amide bonds. The summed E-state index contributed by atoms with van der Waals surface area (Å²) in [5.41, 5.74) is 4.21. The highest BCUT2D eigenvalue weighted by Crippen LogP contribution is 2.29. The van der Waals surface area contributed by atoms with Crippen LogP contribution in [0.2, 0.25) is 0 Å². The maximum absolute atomic E-state index is 12.3. The smallest absolute Gasteiger partial charge is 0.404 e. The second-order valence-corrected chi connectivity index (χ2v) is 4.78. The number of carbonyl (C=O) groups excluding carboxylic acids is 2. The van der Waals surface area contributed by atoms with Crippen LogP contribution in [0.3, 0.4) is 0 Å². The molecule has 1 aromatic rings. The average Bonchev–Trinajstić information content (AvgIpc) is 2.44. The number of amides is 2. The Balaban J connectivity index is 2.03. The molecule has 0 saturated carbocycles. The van der Waals surface area contributed by atoms with Gasteiger partial charge in [0.15, 0.2) is 5.75 Å². The lowest BCUT2D eigenvalue weighted by molar-refractivity contribution is -0.274. The van der Waals surface area contributed by atoms with E-state index >= 15 is 0 Å². The molecule has 1 saturated heterocycles. The Kier molecular flexibility index (Phi) is 4.94. The summed E-state index contributed by atoms with van der Waals surface area (Å²) in [6.07, 6.45) is -5.84. The van der Waals surface area contributed by atoms with Gasteiger partial charge in [0, 0.05) is 6.54 Å². The summed E-state index contributed by atoms with van der Waals surface area (Å²) in [6, 6.07) is 5.06. The lowest BCUT2D eigenvalue weighted by Crippen LogP contribution is -2.52. The Labute approximate surface area is 128 Å². The van der Waals surface area contributed by atoms with Crippen molar-refractivity contribution in [2.24, 2.45) is 5.92 Å². The van der Waals surface area contributed by atoms with Crippen molar-refractivity contribution in [3.63, 3.8) is 0 Å². The van der Waals surface area contributed by atoms with Crippen LogP contribution in [-0.2, 0) is 9.59 Å². The third-order valence-corrected chi connectivity index (χ3v) is 3.12. The largest absolute Gasteiger partial charge is 0.573 e. The number of benzene rings is 1. The molecule has 0 radical (unpaired) electrons. The minimum Gasteiger partial charge on any atom is -0.404 e. The molecule has 0 aliphatic carbocycles. The van der Waals surface area contributed by atoms with Crippen molar-refractivity contribution in [2.45, 2.75) is 18.9 Å². The molecule has 2 atom stereocenters. The lowest BCUT2D eigenvalue weighted by atomic mass is 9.95. The molecule has 1 aromatic carbocycles. The number of para-hydroxylation sites is 2. The van der Waals surface area contributed by atoms with Crippen molar-refractivity contribution < 1.29 is 32.6 Å². The van der Waals surface area contributed by atoms with Crippen molar-refractivity contribution in [3.8, 4) is 5.75 Å². The molecule has 10 heteroatoms. The van der Waals surface area contributed by atoms with E-state index < -0.39 is 35.9 Å². The second kappa shape index (κ2) is 6.73. The van der Waals surface area contributed by atoms with Crippen LogP contribution >= 0.6 is 0 Å². The number of hydrogen-bond donors (Lipinski definition) is 4. The fourth-order valence-corrected chi connectivity index (χ4v) is 2.08. The highest BCUT2D eigenvalue weighted by molar-refractivity contribution is 6.01. The van der Waals surface area contributed by atoms with Crippen molar-refractivity contribution in [1.29, 1.82) is 0 Å². The number of nitrogens with one attached hydrogen (secondary N) is 3. The third kappa shape index (κ3) is 4.49. The van der Waals surface area contributed by atoms with Crippen molar-refractivity contribution in [3.05, 3.63) is 24.3 Å². The van der Waals surface area contributed by atoms with E-state index in [1.165, 1.54) is 18.2 Å². The first-order valence-corrected chi connectivity index (χ1v) is 6.64. The van der Waals surface area contributed by atoms with Gasteiger partial charge in [0.05, 0.1) is 11.8 Å². The van der Waals surface area contributed by atoms with E-state index in [-0.39, 0.29) is 18.7 Å². The summed E-state index contributed by atoms with van der Waals surface area (Å²) in [7, 11) is 0. The van der Waals surface area contributed by atoms with Crippen molar-refractivity contribution >= 4 is 17.5 Å². The Morgan fingerprint density at radius 2 is 2.04 bits per heavy atom. The zero-order valence-electron chi connectivity index (χ0n) is 11.7. The molecule has 2 unspecified atom stereocenters. The summed E-state index contributed by atoms with van der Waals surface area (Å²) in [5, 5.41) is 12.1. The number of hydrazine groups is 1. The van der Waals surface area contributed by atoms with Crippen LogP contribution in [0.15, 0.2) is 24.3 Å². The summed E-state index contributed by atoms with van der Waals surface area (Å²) >= 11 is 0. The highest BCUT2D eigenvalue weighted by Gasteiger charge is 2.37. The molecule has 0 aromatic heterocycles. The maximum atomic E-state index is 12.3. The van der Waals surface area contributed by atoms with Crippen LogP contribution in [-0.4, -0.2) is 35.9 Å². The number of halogens is 3. The van der Waals surface area contributed by atoms with Crippen LogP contribution in [0, 0.1) is 5.92 Å².